The topological polar surface area (TPSA) is 47.6 Å². The summed E-state index contributed by atoms with van der Waals surface area (Å²) in [6.07, 6.45) is 6.82. The smallest absolute Gasteiger partial charge is 0.270 e. The maximum atomic E-state index is 11.0. The second-order valence-corrected chi connectivity index (χ2v) is 7.44. The Kier molecular flexibility index (Phi) is 4.10. The number of nitrogens with one attached hydrogen (secondary N) is 1. The first-order valence-corrected chi connectivity index (χ1v) is 9.00. The number of hydrogen-bond acceptors (Lipinski definition) is 2. The summed E-state index contributed by atoms with van der Waals surface area (Å²) in [6, 6.07) is 13.4. The maximum Gasteiger partial charge on any atom is 0.270 e. The van der Waals surface area contributed by atoms with Gasteiger partial charge in [-0.05, 0) is 17.2 Å². The van der Waals surface area contributed by atoms with Crippen molar-refractivity contribution in [3.63, 3.8) is 0 Å². The molecule has 4 nitrogen and oxygen atoms in total. The number of piperidine rings is 1. The number of quaternary nitrogens is 1. The van der Waals surface area contributed by atoms with Crippen LogP contribution in [0.5, 0.6) is 0 Å². The second-order valence-electron chi connectivity index (χ2n) is 7.04. The van der Waals surface area contributed by atoms with Gasteiger partial charge >= 0.3 is 0 Å². The van der Waals surface area contributed by atoms with Gasteiger partial charge in [0.2, 0.25) is 0 Å². The molecule has 5 heteroatoms. The van der Waals surface area contributed by atoms with Crippen LogP contribution in [0.15, 0.2) is 48.5 Å². The lowest BCUT2D eigenvalue weighted by atomic mass is 9.74. The number of rotatable bonds is 3. The first-order chi connectivity index (χ1) is 12.1. The Hall–Kier alpha value is -2.17. The molecule has 0 saturated carbocycles. The van der Waals surface area contributed by atoms with Gasteiger partial charge in [0.15, 0.2) is 0 Å². The molecule has 0 bridgehead atoms. The second kappa shape index (κ2) is 6.28. The van der Waals surface area contributed by atoms with E-state index in [1.165, 1.54) is 22.1 Å². The summed E-state index contributed by atoms with van der Waals surface area (Å²) < 4.78 is 0. The van der Waals surface area contributed by atoms with E-state index in [0.717, 1.165) is 38.0 Å². The molecule has 1 fully saturated rings. The fourth-order valence-electron chi connectivity index (χ4n) is 4.18. The molecule has 128 valence electrons. The summed E-state index contributed by atoms with van der Waals surface area (Å²) in [7, 11) is 0. The zero-order valence-electron chi connectivity index (χ0n) is 13.9. The Morgan fingerprint density at radius 2 is 1.92 bits per heavy atom. The van der Waals surface area contributed by atoms with Crippen LogP contribution >= 0.6 is 11.6 Å². The van der Waals surface area contributed by atoms with E-state index in [4.69, 9.17) is 11.6 Å². The number of nitrogens with zero attached hydrogens (tertiary/aromatic N) is 1. The Labute approximate surface area is 151 Å². The van der Waals surface area contributed by atoms with E-state index in [1.54, 1.807) is 12.1 Å². The molecular weight excluding hydrogens is 336 g/mol. The monoisotopic (exact) mass is 355 g/mol. The van der Waals surface area contributed by atoms with Crippen LogP contribution in [0.2, 0.25) is 5.02 Å². The van der Waals surface area contributed by atoms with Gasteiger partial charge in [-0.2, -0.15) is 0 Å². The summed E-state index contributed by atoms with van der Waals surface area (Å²) in [6.45, 7) is 2.82. The number of halogens is 1. The minimum Gasteiger partial charge on any atom is -0.331 e. The van der Waals surface area contributed by atoms with Gasteiger partial charge in [-0.3, -0.25) is 10.1 Å². The lowest BCUT2D eigenvalue weighted by Crippen LogP contribution is -3.12. The van der Waals surface area contributed by atoms with Crippen molar-refractivity contribution in [3.05, 3.63) is 80.4 Å². The molecule has 1 N–H and O–H groups in total. The van der Waals surface area contributed by atoms with Crippen LogP contribution < -0.4 is 4.90 Å². The lowest BCUT2D eigenvalue weighted by Gasteiger charge is -2.37. The molecule has 0 unspecified atom stereocenters. The van der Waals surface area contributed by atoms with Crippen LogP contribution in [0.25, 0.3) is 6.08 Å². The molecule has 1 heterocycles. The molecule has 1 aliphatic heterocycles. The highest BCUT2D eigenvalue weighted by Crippen LogP contribution is 2.41. The van der Waals surface area contributed by atoms with Crippen molar-refractivity contribution in [1.82, 2.24) is 0 Å². The predicted octanol–water partition coefficient (Wildman–Crippen LogP) is 3.39. The van der Waals surface area contributed by atoms with Crippen molar-refractivity contribution in [2.75, 3.05) is 13.1 Å². The maximum absolute atomic E-state index is 11.0. The number of fused-ring (bicyclic) bond motifs is 2. The first kappa shape index (κ1) is 16.3. The average molecular weight is 356 g/mol. The molecule has 1 spiro atoms. The predicted molar refractivity (Wildman–Crippen MR) is 98.9 cm³/mol. The van der Waals surface area contributed by atoms with Crippen molar-refractivity contribution in [2.45, 2.75) is 24.8 Å². The molecule has 0 aromatic heterocycles. The standard InChI is InChI=1S/C20H19ClN2O2/c21-19-6-5-17(23(24)25)13-16(19)14-22-11-9-20(10-12-22)8-7-15-3-1-2-4-18(15)20/h1-8,13H,9-12,14H2/p+1. The number of non-ortho nitro benzene ring substituents is 1. The number of nitro benzene ring substituents is 1. The number of nitro groups is 1. The molecule has 1 aliphatic carbocycles. The van der Waals surface area contributed by atoms with E-state index in [2.05, 4.69) is 36.4 Å². The number of allylic oxidation sites excluding steroid dienone is 1. The van der Waals surface area contributed by atoms with Crippen molar-refractivity contribution in [3.8, 4) is 0 Å². The van der Waals surface area contributed by atoms with Crippen molar-refractivity contribution < 1.29 is 9.82 Å². The van der Waals surface area contributed by atoms with Crippen LogP contribution in [-0.4, -0.2) is 18.0 Å². The van der Waals surface area contributed by atoms with Gasteiger partial charge in [-0.1, -0.05) is 48.0 Å². The Morgan fingerprint density at radius 1 is 1.16 bits per heavy atom. The fraction of sp³-hybridized carbons (Fsp3) is 0.300. The highest BCUT2D eigenvalue weighted by Gasteiger charge is 2.39. The number of benzene rings is 2. The molecule has 0 atom stereocenters. The SMILES string of the molecule is O=[N+]([O-])c1ccc(Cl)c(C[NH+]2CCC3(C=Cc4ccccc43)CC2)c1. The first-order valence-electron chi connectivity index (χ1n) is 8.63. The van der Waals surface area contributed by atoms with Gasteiger partial charge in [0, 0.05) is 41.0 Å². The van der Waals surface area contributed by atoms with Crippen molar-refractivity contribution in [1.29, 1.82) is 0 Å². The Balaban J connectivity index is 1.48. The van der Waals surface area contributed by atoms with Gasteiger partial charge in [-0.15, -0.1) is 0 Å². The average Bonchev–Trinajstić information content (AvgIpc) is 2.98. The quantitative estimate of drug-likeness (QED) is 0.677. The molecule has 2 aliphatic rings. The summed E-state index contributed by atoms with van der Waals surface area (Å²) in [5, 5.41) is 11.6. The third-order valence-electron chi connectivity index (χ3n) is 5.61. The molecule has 1 saturated heterocycles. The minimum absolute atomic E-state index is 0.111. The number of hydrogen-bond donors (Lipinski definition) is 1. The Bertz CT molecular complexity index is 855. The molecule has 0 amide bonds. The van der Waals surface area contributed by atoms with Gasteiger partial charge in [-0.25, -0.2) is 0 Å². The van der Waals surface area contributed by atoms with Crippen LogP contribution in [0.4, 0.5) is 5.69 Å². The van der Waals surface area contributed by atoms with Crippen LogP contribution in [-0.2, 0) is 12.0 Å². The summed E-state index contributed by atoms with van der Waals surface area (Å²) in [5.74, 6) is 0. The largest absolute Gasteiger partial charge is 0.331 e. The molecule has 25 heavy (non-hydrogen) atoms. The normalized spacial score (nSPS) is 24.4. The van der Waals surface area contributed by atoms with E-state index in [-0.39, 0.29) is 16.0 Å². The molecule has 0 radical (unpaired) electrons. The molecule has 2 aromatic carbocycles. The minimum atomic E-state index is -0.361. The molecule has 4 rings (SSSR count). The lowest BCUT2D eigenvalue weighted by molar-refractivity contribution is -0.919. The summed E-state index contributed by atoms with van der Waals surface area (Å²) >= 11 is 6.26. The van der Waals surface area contributed by atoms with Gasteiger partial charge in [0.25, 0.3) is 5.69 Å². The van der Waals surface area contributed by atoms with Crippen LogP contribution in [0, 0.1) is 10.1 Å². The van der Waals surface area contributed by atoms with Gasteiger partial charge in [0.05, 0.1) is 18.0 Å². The van der Waals surface area contributed by atoms with Gasteiger partial charge < -0.3 is 4.90 Å². The Morgan fingerprint density at radius 3 is 2.68 bits per heavy atom. The van der Waals surface area contributed by atoms with E-state index < -0.39 is 0 Å². The summed E-state index contributed by atoms with van der Waals surface area (Å²) in [4.78, 5) is 12.1. The number of likely N-dealkylation sites (tertiary alicyclic amines) is 1. The van der Waals surface area contributed by atoms with Gasteiger partial charge in [0.1, 0.15) is 6.54 Å². The molecule has 2 aromatic rings. The van der Waals surface area contributed by atoms with E-state index >= 15 is 0 Å². The fourth-order valence-corrected chi connectivity index (χ4v) is 4.36. The summed E-state index contributed by atoms with van der Waals surface area (Å²) in [5.41, 5.74) is 3.94. The third kappa shape index (κ3) is 2.96. The highest BCUT2D eigenvalue weighted by atomic mass is 35.5. The van der Waals surface area contributed by atoms with E-state index in [0.29, 0.717) is 5.02 Å². The molecular formula is C20H20ClN2O2+. The van der Waals surface area contributed by atoms with Crippen molar-refractivity contribution >= 4 is 23.4 Å². The van der Waals surface area contributed by atoms with E-state index in [1.807, 2.05) is 0 Å². The zero-order valence-corrected chi connectivity index (χ0v) is 14.6. The third-order valence-corrected chi connectivity index (χ3v) is 5.98. The van der Waals surface area contributed by atoms with E-state index in [9.17, 15) is 10.1 Å². The highest BCUT2D eigenvalue weighted by molar-refractivity contribution is 6.31. The zero-order chi connectivity index (χ0) is 17.4. The van der Waals surface area contributed by atoms with Crippen molar-refractivity contribution in [2.24, 2.45) is 0 Å². The van der Waals surface area contributed by atoms with Crippen LogP contribution in [0.1, 0.15) is 29.5 Å². The van der Waals surface area contributed by atoms with Crippen LogP contribution in [0.3, 0.4) is 0 Å².